The van der Waals surface area contributed by atoms with Gasteiger partial charge in [-0.25, -0.2) is 4.39 Å². The van der Waals surface area contributed by atoms with Gasteiger partial charge in [0.15, 0.2) is 6.61 Å². The van der Waals surface area contributed by atoms with Crippen LogP contribution in [-0.4, -0.2) is 15.2 Å². The van der Waals surface area contributed by atoms with Gasteiger partial charge in [-0.1, -0.05) is 29.4 Å². The summed E-state index contributed by atoms with van der Waals surface area (Å²) in [7, 11) is 0. The zero-order chi connectivity index (χ0) is 22.1. The van der Waals surface area contributed by atoms with Crippen LogP contribution in [0.4, 0.5) is 4.39 Å². The molecule has 0 aliphatic heterocycles. The highest BCUT2D eigenvalue weighted by Gasteiger charge is 2.19. The highest BCUT2D eigenvalue weighted by molar-refractivity contribution is 5.84. The van der Waals surface area contributed by atoms with Gasteiger partial charge in [-0.3, -0.25) is 4.79 Å². The predicted octanol–water partition coefficient (Wildman–Crippen LogP) is 4.93. The van der Waals surface area contributed by atoms with Crippen LogP contribution in [0.1, 0.15) is 5.82 Å². The SMILES string of the molecule is O=c1c(-c2ccc(O)cc2)c(OCc2noc(-c3ccc(F)cc3)n2)oc2ccccc12. The maximum atomic E-state index is 13.2. The summed E-state index contributed by atoms with van der Waals surface area (Å²) in [6.07, 6.45) is 0. The number of rotatable bonds is 5. The number of nitrogens with zero attached hydrogens (tertiary/aromatic N) is 2. The Hall–Kier alpha value is -4.46. The molecule has 158 valence electrons. The molecule has 8 heteroatoms. The van der Waals surface area contributed by atoms with E-state index >= 15 is 0 Å². The van der Waals surface area contributed by atoms with Gasteiger partial charge in [0.05, 0.1) is 5.39 Å². The molecule has 0 aliphatic rings. The third-order valence-corrected chi connectivity index (χ3v) is 4.81. The second kappa shape index (κ2) is 7.99. The van der Waals surface area contributed by atoms with E-state index in [4.69, 9.17) is 13.7 Å². The molecule has 2 heterocycles. The Morgan fingerprint density at radius 1 is 0.938 bits per heavy atom. The Kier molecular flexibility index (Phi) is 4.87. The Balaban J connectivity index is 1.50. The normalized spacial score (nSPS) is 11.0. The van der Waals surface area contributed by atoms with E-state index in [1.54, 1.807) is 36.4 Å². The summed E-state index contributed by atoms with van der Waals surface area (Å²) in [6.45, 7) is -0.128. The third kappa shape index (κ3) is 3.69. The van der Waals surface area contributed by atoms with E-state index in [0.29, 0.717) is 22.1 Å². The quantitative estimate of drug-likeness (QED) is 0.422. The first-order valence-electron chi connectivity index (χ1n) is 9.65. The molecular formula is C24H15FN2O5. The van der Waals surface area contributed by atoms with Crippen LogP contribution in [0, 0.1) is 5.82 Å². The van der Waals surface area contributed by atoms with Crippen molar-refractivity contribution in [2.45, 2.75) is 6.61 Å². The minimum Gasteiger partial charge on any atom is -0.508 e. The third-order valence-electron chi connectivity index (χ3n) is 4.81. The number of benzene rings is 3. The van der Waals surface area contributed by atoms with Gasteiger partial charge >= 0.3 is 0 Å². The summed E-state index contributed by atoms with van der Waals surface area (Å²) in [4.78, 5) is 17.4. The van der Waals surface area contributed by atoms with Gasteiger partial charge in [0.25, 0.3) is 11.8 Å². The van der Waals surface area contributed by atoms with Crippen molar-refractivity contribution in [1.82, 2.24) is 10.1 Å². The van der Waals surface area contributed by atoms with E-state index in [1.807, 2.05) is 0 Å². The fraction of sp³-hybridized carbons (Fsp3) is 0.0417. The van der Waals surface area contributed by atoms with Crippen molar-refractivity contribution in [3.63, 3.8) is 0 Å². The molecule has 0 aliphatic carbocycles. The number of hydrogen-bond donors (Lipinski definition) is 1. The van der Waals surface area contributed by atoms with Crippen LogP contribution in [0.25, 0.3) is 33.6 Å². The first kappa shape index (κ1) is 19.5. The standard InChI is InChI=1S/C24H15FN2O5/c25-16-9-5-15(6-10-16)23-26-20(27-32-23)13-30-24-21(14-7-11-17(28)12-8-14)22(29)18-3-1-2-4-19(18)31-24/h1-12,28H,13H2. The number of hydrogen-bond acceptors (Lipinski definition) is 7. The van der Waals surface area contributed by atoms with Crippen molar-refractivity contribution >= 4 is 11.0 Å². The molecule has 0 saturated heterocycles. The summed E-state index contributed by atoms with van der Waals surface area (Å²) in [5, 5.41) is 13.9. The van der Waals surface area contributed by atoms with E-state index < -0.39 is 0 Å². The van der Waals surface area contributed by atoms with Crippen molar-refractivity contribution in [2.24, 2.45) is 0 Å². The van der Waals surface area contributed by atoms with Gasteiger partial charge in [0.1, 0.15) is 22.7 Å². The molecule has 5 rings (SSSR count). The number of aromatic hydroxyl groups is 1. The van der Waals surface area contributed by atoms with Crippen LogP contribution in [-0.2, 0) is 6.61 Å². The molecule has 0 unspecified atom stereocenters. The average molecular weight is 430 g/mol. The highest BCUT2D eigenvalue weighted by Crippen LogP contribution is 2.32. The van der Waals surface area contributed by atoms with Crippen LogP contribution in [0.3, 0.4) is 0 Å². The molecular weight excluding hydrogens is 415 g/mol. The maximum Gasteiger partial charge on any atom is 0.297 e. The van der Waals surface area contributed by atoms with Crippen molar-refractivity contribution < 1.29 is 23.2 Å². The molecule has 0 atom stereocenters. The van der Waals surface area contributed by atoms with Gasteiger partial charge in [-0.15, -0.1) is 0 Å². The molecule has 0 fully saturated rings. The molecule has 0 bridgehead atoms. The topological polar surface area (TPSA) is 98.6 Å². The number of ether oxygens (including phenoxy) is 1. The van der Waals surface area contributed by atoms with E-state index in [-0.39, 0.29) is 46.8 Å². The first-order chi connectivity index (χ1) is 15.6. The lowest BCUT2D eigenvalue weighted by Gasteiger charge is -2.10. The number of phenolic OH excluding ortho intramolecular Hbond substituents is 1. The average Bonchev–Trinajstić information content (AvgIpc) is 3.28. The Morgan fingerprint density at radius 3 is 2.44 bits per heavy atom. The molecule has 0 radical (unpaired) electrons. The molecule has 7 nitrogen and oxygen atoms in total. The largest absolute Gasteiger partial charge is 0.508 e. The first-order valence-corrected chi connectivity index (χ1v) is 9.65. The maximum absolute atomic E-state index is 13.2. The Labute approximate surface area is 180 Å². The number of aromatic nitrogens is 2. The summed E-state index contributed by atoms with van der Waals surface area (Å²) >= 11 is 0. The van der Waals surface area contributed by atoms with E-state index in [2.05, 4.69) is 10.1 Å². The van der Waals surface area contributed by atoms with Crippen molar-refractivity contribution in [3.8, 4) is 34.3 Å². The summed E-state index contributed by atoms with van der Waals surface area (Å²) in [5.74, 6) is 0.123. The molecule has 32 heavy (non-hydrogen) atoms. The molecule has 0 spiro atoms. The van der Waals surface area contributed by atoms with Crippen LogP contribution in [0.5, 0.6) is 11.7 Å². The lowest BCUT2D eigenvalue weighted by atomic mass is 10.0. The van der Waals surface area contributed by atoms with Gasteiger partial charge in [0.2, 0.25) is 11.3 Å². The number of fused-ring (bicyclic) bond motifs is 1. The highest BCUT2D eigenvalue weighted by atomic mass is 19.1. The van der Waals surface area contributed by atoms with Crippen LogP contribution in [0.2, 0.25) is 0 Å². The second-order valence-corrected chi connectivity index (χ2v) is 6.95. The Bertz CT molecular complexity index is 1460. The Morgan fingerprint density at radius 2 is 1.66 bits per heavy atom. The van der Waals surface area contributed by atoms with Gasteiger partial charge in [-0.05, 0) is 54.1 Å². The zero-order valence-corrected chi connectivity index (χ0v) is 16.5. The smallest absolute Gasteiger partial charge is 0.297 e. The molecule has 1 N–H and O–H groups in total. The molecule has 0 amide bonds. The molecule has 2 aromatic heterocycles. The number of para-hydroxylation sites is 1. The molecule has 3 aromatic carbocycles. The van der Waals surface area contributed by atoms with E-state index in [0.717, 1.165) is 0 Å². The van der Waals surface area contributed by atoms with Crippen LogP contribution < -0.4 is 10.2 Å². The minimum atomic E-state index is -0.370. The van der Waals surface area contributed by atoms with Crippen molar-refractivity contribution in [3.05, 3.63) is 94.7 Å². The van der Waals surface area contributed by atoms with Crippen LogP contribution >= 0.6 is 0 Å². The van der Waals surface area contributed by atoms with Gasteiger partial charge in [0, 0.05) is 5.56 Å². The fourth-order valence-electron chi connectivity index (χ4n) is 3.25. The van der Waals surface area contributed by atoms with Crippen molar-refractivity contribution in [1.29, 1.82) is 0 Å². The number of phenols is 1. The zero-order valence-electron chi connectivity index (χ0n) is 16.5. The summed E-state index contributed by atoms with van der Waals surface area (Å²) < 4.78 is 30.0. The van der Waals surface area contributed by atoms with Crippen LogP contribution in [0.15, 0.2) is 86.5 Å². The molecule has 5 aromatic rings. The van der Waals surface area contributed by atoms with Gasteiger partial charge < -0.3 is 18.8 Å². The van der Waals surface area contributed by atoms with E-state index in [9.17, 15) is 14.3 Å². The van der Waals surface area contributed by atoms with E-state index in [1.165, 1.54) is 36.4 Å². The number of halogens is 1. The lowest BCUT2D eigenvalue weighted by molar-refractivity contribution is 0.226. The predicted molar refractivity (Wildman–Crippen MR) is 114 cm³/mol. The van der Waals surface area contributed by atoms with Crippen molar-refractivity contribution in [2.75, 3.05) is 0 Å². The molecule has 0 saturated carbocycles. The second-order valence-electron chi connectivity index (χ2n) is 6.95. The fourth-order valence-corrected chi connectivity index (χ4v) is 3.25. The lowest BCUT2D eigenvalue weighted by Crippen LogP contribution is -2.09. The van der Waals surface area contributed by atoms with Gasteiger partial charge in [-0.2, -0.15) is 4.98 Å². The monoisotopic (exact) mass is 430 g/mol. The summed E-state index contributed by atoms with van der Waals surface area (Å²) in [6, 6.07) is 18.6. The minimum absolute atomic E-state index is 0.00692. The summed E-state index contributed by atoms with van der Waals surface area (Å²) in [5.41, 5.74) is 1.40.